The van der Waals surface area contributed by atoms with E-state index in [0.29, 0.717) is 17.9 Å². The summed E-state index contributed by atoms with van der Waals surface area (Å²) in [5.74, 6) is 0.270. The second-order valence-corrected chi connectivity index (χ2v) is 8.61. The number of halogens is 3. The maximum Gasteiger partial charge on any atom is 0.435 e. The van der Waals surface area contributed by atoms with Gasteiger partial charge in [-0.1, -0.05) is 49.6 Å². The highest BCUT2D eigenvalue weighted by Gasteiger charge is 2.39. The second kappa shape index (κ2) is 12.2. The quantitative estimate of drug-likeness (QED) is 0.412. The molecule has 1 amide bonds. The summed E-state index contributed by atoms with van der Waals surface area (Å²) < 4.78 is 42.4. The molecule has 0 spiro atoms. The number of amides is 1. The minimum absolute atomic E-state index is 0.103. The molecule has 1 aromatic heterocycles. The van der Waals surface area contributed by atoms with Crippen molar-refractivity contribution >= 4 is 23.8 Å². The molecule has 3 aromatic rings. The van der Waals surface area contributed by atoms with E-state index in [1.54, 1.807) is 54.4 Å². The highest BCUT2D eigenvalue weighted by molar-refractivity contribution is 5.78. The Morgan fingerprint density at radius 3 is 2.31 bits per heavy atom. The average molecular weight is 503 g/mol. The van der Waals surface area contributed by atoms with Crippen molar-refractivity contribution in [2.45, 2.75) is 44.8 Å². The highest BCUT2D eigenvalue weighted by Crippen LogP contribution is 2.37. The van der Waals surface area contributed by atoms with Gasteiger partial charge in [-0.2, -0.15) is 18.3 Å². The van der Waals surface area contributed by atoms with E-state index in [0.717, 1.165) is 35.9 Å². The normalized spacial score (nSPS) is 13.9. The number of rotatable bonds is 6. The smallest absolute Gasteiger partial charge is 0.435 e. The summed E-state index contributed by atoms with van der Waals surface area (Å²) in [6, 6.07) is 15.3. The summed E-state index contributed by atoms with van der Waals surface area (Å²) in [6.45, 7) is 0.218. The average Bonchev–Trinajstić information content (AvgIpc) is 3.30. The van der Waals surface area contributed by atoms with E-state index in [1.807, 2.05) is 12.1 Å². The Bertz CT molecular complexity index is 1130. The Labute approximate surface area is 207 Å². The molecule has 0 saturated heterocycles. The molecule has 4 rings (SSSR count). The Balaban J connectivity index is 0.00000115. The maximum atomic E-state index is 13.8. The van der Waals surface area contributed by atoms with Crippen molar-refractivity contribution in [2.24, 2.45) is 5.92 Å². The molecule has 10 heteroatoms. The van der Waals surface area contributed by atoms with Crippen LogP contribution in [0.2, 0.25) is 0 Å². The van der Waals surface area contributed by atoms with Gasteiger partial charge in [-0.25, -0.2) is 4.68 Å². The van der Waals surface area contributed by atoms with Gasteiger partial charge in [-0.15, -0.1) is 0 Å². The zero-order chi connectivity index (χ0) is 26.1. The third kappa shape index (κ3) is 6.87. The Hall–Kier alpha value is -3.82. The van der Waals surface area contributed by atoms with Crippen molar-refractivity contribution in [2.75, 3.05) is 12.4 Å². The van der Waals surface area contributed by atoms with Crippen LogP contribution in [0.5, 0.6) is 0 Å². The third-order valence-electron chi connectivity index (χ3n) is 6.02. The molecule has 1 aliphatic carbocycles. The zero-order valence-electron chi connectivity index (χ0n) is 19.9. The number of nitrogens with one attached hydrogen (secondary N) is 1. The standard InChI is InChI=1S/C25H27F3N4O.CH2O2/c1-31(24(33)19-8-4-2-5-9-19)17-18-12-14-20(15-13-18)30-22-16-29-32(23(22)25(26,27)28)21-10-6-3-7-11-21;2-1-3/h3,6-7,10-16,19,30H,2,4-5,8-9,17H2,1H3;1H,(H,2,3). The number of nitrogens with zero attached hydrogens (tertiary/aromatic N) is 3. The van der Waals surface area contributed by atoms with E-state index < -0.39 is 11.9 Å². The van der Waals surface area contributed by atoms with Crippen molar-refractivity contribution in [3.63, 3.8) is 0 Å². The second-order valence-electron chi connectivity index (χ2n) is 8.61. The van der Waals surface area contributed by atoms with Gasteiger partial charge in [0.05, 0.1) is 17.6 Å². The topological polar surface area (TPSA) is 87.5 Å². The summed E-state index contributed by atoms with van der Waals surface area (Å²) in [7, 11) is 1.80. The van der Waals surface area contributed by atoms with Crippen LogP contribution in [-0.2, 0) is 22.3 Å². The summed E-state index contributed by atoms with van der Waals surface area (Å²) in [5.41, 5.74) is 0.777. The molecule has 2 aromatic carbocycles. The van der Waals surface area contributed by atoms with Crippen LogP contribution in [0.1, 0.15) is 43.4 Å². The van der Waals surface area contributed by atoms with Crippen LogP contribution in [0.4, 0.5) is 24.5 Å². The molecule has 1 fully saturated rings. The van der Waals surface area contributed by atoms with Crippen molar-refractivity contribution < 1.29 is 27.9 Å². The summed E-state index contributed by atoms with van der Waals surface area (Å²) in [6.07, 6.45) is 1.89. The van der Waals surface area contributed by atoms with Crippen LogP contribution in [-0.4, -0.2) is 39.2 Å². The van der Waals surface area contributed by atoms with Gasteiger partial charge in [-0.05, 0) is 42.7 Å². The minimum Gasteiger partial charge on any atom is -0.483 e. The molecule has 36 heavy (non-hydrogen) atoms. The Kier molecular flexibility index (Phi) is 9.10. The molecule has 192 valence electrons. The first-order chi connectivity index (χ1) is 17.2. The third-order valence-corrected chi connectivity index (χ3v) is 6.02. The zero-order valence-corrected chi connectivity index (χ0v) is 19.9. The first-order valence-corrected chi connectivity index (χ1v) is 11.6. The SMILES string of the molecule is CN(Cc1ccc(Nc2cnn(-c3ccccc3)c2C(F)(F)F)cc1)C(=O)C1CCCCC1.O=CO. The number of para-hydroxylation sites is 1. The van der Waals surface area contributed by atoms with Crippen LogP contribution in [0.25, 0.3) is 5.69 Å². The number of hydrogen-bond donors (Lipinski definition) is 2. The van der Waals surface area contributed by atoms with Crippen molar-refractivity contribution in [1.29, 1.82) is 0 Å². The van der Waals surface area contributed by atoms with Gasteiger partial charge in [0.15, 0.2) is 5.69 Å². The fraction of sp³-hybridized carbons (Fsp3) is 0.346. The van der Waals surface area contributed by atoms with Gasteiger partial charge < -0.3 is 15.3 Å². The van der Waals surface area contributed by atoms with Gasteiger partial charge in [-0.3, -0.25) is 9.59 Å². The number of carboxylic acid groups (broad SMARTS) is 1. The number of anilines is 2. The number of carbonyl (C=O) groups excluding carboxylic acids is 1. The number of aromatic nitrogens is 2. The van der Waals surface area contributed by atoms with Crippen molar-refractivity contribution in [1.82, 2.24) is 14.7 Å². The van der Waals surface area contributed by atoms with E-state index in [1.165, 1.54) is 12.6 Å². The van der Waals surface area contributed by atoms with Crippen LogP contribution < -0.4 is 5.32 Å². The van der Waals surface area contributed by atoms with Gasteiger partial charge >= 0.3 is 6.18 Å². The number of alkyl halides is 3. The largest absolute Gasteiger partial charge is 0.483 e. The molecule has 7 nitrogen and oxygen atoms in total. The Morgan fingerprint density at radius 1 is 1.11 bits per heavy atom. The molecule has 0 atom stereocenters. The van der Waals surface area contributed by atoms with E-state index in [4.69, 9.17) is 9.90 Å². The summed E-state index contributed by atoms with van der Waals surface area (Å²) in [4.78, 5) is 22.8. The van der Waals surface area contributed by atoms with E-state index in [-0.39, 0.29) is 24.0 Å². The number of carbonyl (C=O) groups is 2. The number of hydrogen-bond acceptors (Lipinski definition) is 4. The number of benzene rings is 2. The maximum absolute atomic E-state index is 13.8. The molecule has 1 heterocycles. The van der Waals surface area contributed by atoms with E-state index in [2.05, 4.69) is 10.4 Å². The fourth-order valence-corrected chi connectivity index (χ4v) is 4.34. The highest BCUT2D eigenvalue weighted by atomic mass is 19.4. The molecular formula is C26H29F3N4O3. The summed E-state index contributed by atoms with van der Waals surface area (Å²) in [5, 5.41) is 13.7. The monoisotopic (exact) mass is 502 g/mol. The lowest BCUT2D eigenvalue weighted by molar-refractivity contribution is -0.142. The molecular weight excluding hydrogens is 473 g/mol. The molecule has 0 bridgehead atoms. The Morgan fingerprint density at radius 2 is 1.72 bits per heavy atom. The van der Waals surface area contributed by atoms with Crippen LogP contribution in [0, 0.1) is 5.92 Å². The predicted molar refractivity (Wildman–Crippen MR) is 130 cm³/mol. The van der Waals surface area contributed by atoms with Crippen LogP contribution >= 0.6 is 0 Å². The molecule has 0 radical (unpaired) electrons. The van der Waals surface area contributed by atoms with Crippen molar-refractivity contribution in [3.05, 3.63) is 72.1 Å². The van der Waals surface area contributed by atoms with Gasteiger partial charge in [0.25, 0.3) is 6.47 Å². The minimum atomic E-state index is -4.59. The molecule has 2 N–H and O–H groups in total. The molecule has 0 unspecified atom stereocenters. The predicted octanol–water partition coefficient (Wildman–Crippen LogP) is 5.87. The first-order valence-electron chi connectivity index (χ1n) is 11.6. The molecule has 1 saturated carbocycles. The van der Waals surface area contributed by atoms with Gasteiger partial charge in [0.1, 0.15) is 0 Å². The first kappa shape index (κ1) is 26.8. The molecule has 0 aliphatic heterocycles. The fourth-order valence-electron chi connectivity index (χ4n) is 4.34. The van der Waals surface area contributed by atoms with Crippen LogP contribution in [0.3, 0.4) is 0 Å². The van der Waals surface area contributed by atoms with E-state index in [9.17, 15) is 18.0 Å². The summed E-state index contributed by atoms with van der Waals surface area (Å²) >= 11 is 0. The van der Waals surface area contributed by atoms with Crippen molar-refractivity contribution in [3.8, 4) is 5.69 Å². The van der Waals surface area contributed by atoms with Gasteiger partial charge in [0.2, 0.25) is 5.91 Å². The lowest BCUT2D eigenvalue weighted by Gasteiger charge is -2.26. The lowest BCUT2D eigenvalue weighted by Crippen LogP contribution is -2.33. The lowest BCUT2D eigenvalue weighted by atomic mass is 9.88. The van der Waals surface area contributed by atoms with Crippen LogP contribution in [0.15, 0.2) is 60.8 Å². The van der Waals surface area contributed by atoms with Gasteiger partial charge in [0, 0.05) is 25.2 Å². The van der Waals surface area contributed by atoms with E-state index >= 15 is 0 Å². The molecule has 1 aliphatic rings.